The van der Waals surface area contributed by atoms with E-state index in [1.54, 1.807) is 11.3 Å². The first-order valence-corrected chi connectivity index (χ1v) is 6.38. The molecule has 84 valence electrons. The van der Waals surface area contributed by atoms with Crippen molar-refractivity contribution >= 4 is 22.9 Å². The first-order chi connectivity index (χ1) is 7.78. The Morgan fingerprint density at radius 1 is 1.31 bits per heavy atom. The second-order valence-electron chi connectivity index (χ2n) is 3.42. The normalized spacial score (nSPS) is 10.4. The maximum Gasteiger partial charge on any atom is 0.131 e. The lowest BCUT2D eigenvalue weighted by atomic mass is 10.2. The number of alkyl halides is 1. The summed E-state index contributed by atoms with van der Waals surface area (Å²) in [6.45, 7) is 2.51. The van der Waals surface area contributed by atoms with E-state index in [1.165, 1.54) is 0 Å². The highest BCUT2D eigenvalue weighted by Gasteiger charge is 1.99. The predicted molar refractivity (Wildman–Crippen MR) is 67.2 cm³/mol. The Morgan fingerprint density at radius 3 is 2.62 bits per heavy atom. The molecule has 2 rings (SSSR count). The molecule has 0 aliphatic heterocycles. The molecule has 0 aliphatic carbocycles. The molecular weight excluding hydrogens is 242 g/mol. The van der Waals surface area contributed by atoms with Crippen LogP contribution in [0.5, 0.6) is 5.75 Å². The van der Waals surface area contributed by atoms with Crippen LogP contribution in [0, 0.1) is 6.92 Å². The van der Waals surface area contributed by atoms with Crippen LogP contribution in [0.4, 0.5) is 0 Å². The van der Waals surface area contributed by atoms with Crippen LogP contribution >= 0.6 is 22.9 Å². The first-order valence-electron chi connectivity index (χ1n) is 4.96. The average Bonchev–Trinajstić information content (AvgIpc) is 2.73. The quantitative estimate of drug-likeness (QED) is 0.774. The van der Waals surface area contributed by atoms with Gasteiger partial charge in [0.15, 0.2) is 0 Å². The van der Waals surface area contributed by atoms with E-state index >= 15 is 0 Å². The molecule has 0 amide bonds. The third kappa shape index (κ3) is 2.97. The van der Waals surface area contributed by atoms with Crippen molar-refractivity contribution < 1.29 is 4.74 Å². The molecule has 1 aromatic carbocycles. The highest BCUT2D eigenvalue weighted by molar-refractivity contribution is 7.09. The monoisotopic (exact) mass is 253 g/mol. The van der Waals surface area contributed by atoms with Crippen molar-refractivity contribution in [1.82, 2.24) is 4.98 Å². The van der Waals surface area contributed by atoms with Gasteiger partial charge >= 0.3 is 0 Å². The second kappa shape index (κ2) is 5.32. The zero-order valence-electron chi connectivity index (χ0n) is 8.94. The summed E-state index contributed by atoms with van der Waals surface area (Å²) in [5.41, 5.74) is 2.07. The topological polar surface area (TPSA) is 22.1 Å². The number of aryl methyl sites for hydroxylation is 1. The van der Waals surface area contributed by atoms with Crippen LogP contribution in [0.1, 0.15) is 16.3 Å². The number of thiazole rings is 1. The van der Waals surface area contributed by atoms with Gasteiger partial charge in [-0.3, -0.25) is 0 Å². The van der Waals surface area contributed by atoms with E-state index < -0.39 is 0 Å². The molecular formula is C12H12ClNOS. The molecule has 16 heavy (non-hydrogen) atoms. The summed E-state index contributed by atoms with van der Waals surface area (Å²) >= 11 is 7.34. The number of benzene rings is 1. The van der Waals surface area contributed by atoms with Gasteiger partial charge in [-0.25, -0.2) is 4.98 Å². The van der Waals surface area contributed by atoms with Gasteiger partial charge in [0.25, 0.3) is 0 Å². The van der Waals surface area contributed by atoms with Gasteiger partial charge in [-0.1, -0.05) is 12.1 Å². The molecule has 0 saturated carbocycles. The molecule has 0 fully saturated rings. The summed E-state index contributed by atoms with van der Waals surface area (Å²) in [7, 11) is 0. The van der Waals surface area contributed by atoms with Crippen LogP contribution in [0.3, 0.4) is 0 Å². The molecule has 0 saturated heterocycles. The van der Waals surface area contributed by atoms with Crippen molar-refractivity contribution in [3.05, 3.63) is 45.9 Å². The van der Waals surface area contributed by atoms with Crippen LogP contribution in [-0.4, -0.2) is 4.98 Å². The molecule has 1 aromatic heterocycles. The van der Waals surface area contributed by atoms with E-state index in [1.807, 2.05) is 36.6 Å². The fraction of sp³-hybridized carbons (Fsp3) is 0.250. The van der Waals surface area contributed by atoms with Crippen LogP contribution in [0.15, 0.2) is 29.6 Å². The number of halogens is 1. The van der Waals surface area contributed by atoms with E-state index in [4.69, 9.17) is 16.3 Å². The second-order valence-corrected chi connectivity index (χ2v) is 4.75. The highest BCUT2D eigenvalue weighted by atomic mass is 35.5. The van der Waals surface area contributed by atoms with Crippen LogP contribution in [-0.2, 0) is 12.5 Å². The Hall–Kier alpha value is -1.06. The number of nitrogens with zero attached hydrogens (tertiary/aromatic N) is 1. The van der Waals surface area contributed by atoms with Gasteiger partial charge in [0.1, 0.15) is 12.4 Å². The fourth-order valence-corrected chi connectivity index (χ4v) is 2.08. The molecule has 2 aromatic rings. The lowest BCUT2D eigenvalue weighted by Crippen LogP contribution is -1.95. The van der Waals surface area contributed by atoms with Crippen LogP contribution in [0.25, 0.3) is 0 Å². The maximum atomic E-state index is 5.71. The van der Waals surface area contributed by atoms with E-state index in [2.05, 4.69) is 4.98 Å². The van der Waals surface area contributed by atoms with Crippen molar-refractivity contribution in [1.29, 1.82) is 0 Å². The summed E-state index contributed by atoms with van der Waals surface area (Å²) in [4.78, 5) is 4.33. The summed E-state index contributed by atoms with van der Waals surface area (Å²) < 4.78 is 5.61. The number of hydrogen-bond acceptors (Lipinski definition) is 3. The molecule has 1 heterocycles. The van der Waals surface area contributed by atoms with Gasteiger partial charge in [-0.2, -0.15) is 0 Å². The van der Waals surface area contributed by atoms with Crippen LogP contribution in [0.2, 0.25) is 0 Å². The predicted octanol–water partition coefficient (Wildman–Crippen LogP) is 3.77. The van der Waals surface area contributed by atoms with Gasteiger partial charge < -0.3 is 4.74 Å². The third-order valence-corrected chi connectivity index (χ3v) is 3.26. The smallest absolute Gasteiger partial charge is 0.131 e. The minimum Gasteiger partial charge on any atom is -0.487 e. The molecule has 0 N–H and O–H groups in total. The molecule has 0 unspecified atom stereocenters. The summed E-state index contributed by atoms with van der Waals surface area (Å²) in [6, 6.07) is 7.79. The third-order valence-electron chi connectivity index (χ3n) is 2.13. The van der Waals surface area contributed by atoms with Crippen molar-refractivity contribution in [2.45, 2.75) is 19.4 Å². The largest absolute Gasteiger partial charge is 0.487 e. The highest BCUT2D eigenvalue weighted by Crippen LogP contribution is 2.16. The Morgan fingerprint density at radius 2 is 2.06 bits per heavy atom. The van der Waals surface area contributed by atoms with Gasteiger partial charge in [0.05, 0.1) is 10.7 Å². The zero-order valence-corrected chi connectivity index (χ0v) is 10.5. The molecule has 4 heteroatoms. The fourth-order valence-electron chi connectivity index (χ4n) is 1.31. The molecule has 0 atom stereocenters. The van der Waals surface area contributed by atoms with E-state index in [0.717, 1.165) is 22.0 Å². The average molecular weight is 254 g/mol. The molecule has 0 aliphatic rings. The standard InChI is InChI=1S/C12H12ClNOS/c1-9-14-11(8-16-9)7-15-12-4-2-10(6-13)3-5-12/h2-5,8H,6-7H2,1H3. The maximum absolute atomic E-state index is 5.71. The minimum absolute atomic E-state index is 0.518. The molecule has 0 spiro atoms. The zero-order chi connectivity index (χ0) is 11.4. The first kappa shape index (κ1) is 11.4. The number of rotatable bonds is 4. The van der Waals surface area contributed by atoms with Gasteiger partial charge in [-0.05, 0) is 24.6 Å². The minimum atomic E-state index is 0.518. The summed E-state index contributed by atoms with van der Waals surface area (Å²) in [5.74, 6) is 1.38. The number of hydrogen-bond donors (Lipinski definition) is 0. The van der Waals surface area contributed by atoms with Crippen molar-refractivity contribution in [2.24, 2.45) is 0 Å². The Kier molecular flexibility index (Phi) is 3.80. The van der Waals surface area contributed by atoms with E-state index in [0.29, 0.717) is 12.5 Å². The summed E-state index contributed by atoms with van der Waals surface area (Å²) in [6.07, 6.45) is 0. The number of aromatic nitrogens is 1. The van der Waals surface area contributed by atoms with Gasteiger partial charge in [-0.15, -0.1) is 22.9 Å². The number of ether oxygens (including phenoxy) is 1. The van der Waals surface area contributed by atoms with Crippen molar-refractivity contribution in [2.75, 3.05) is 0 Å². The van der Waals surface area contributed by atoms with Crippen molar-refractivity contribution in [3.63, 3.8) is 0 Å². The van der Waals surface area contributed by atoms with E-state index in [-0.39, 0.29) is 0 Å². The lowest BCUT2D eigenvalue weighted by Gasteiger charge is -2.04. The summed E-state index contributed by atoms with van der Waals surface area (Å²) in [5, 5.41) is 3.08. The SMILES string of the molecule is Cc1nc(COc2ccc(CCl)cc2)cs1. The molecule has 2 nitrogen and oxygen atoms in total. The van der Waals surface area contributed by atoms with E-state index in [9.17, 15) is 0 Å². The molecule has 0 bridgehead atoms. The Bertz CT molecular complexity index is 452. The van der Waals surface area contributed by atoms with Gasteiger partial charge in [0, 0.05) is 11.3 Å². The van der Waals surface area contributed by atoms with Crippen LogP contribution < -0.4 is 4.74 Å². The molecule has 0 radical (unpaired) electrons. The van der Waals surface area contributed by atoms with Crippen molar-refractivity contribution in [3.8, 4) is 5.75 Å². The van der Waals surface area contributed by atoms with Gasteiger partial charge in [0.2, 0.25) is 0 Å². The Labute approximate surface area is 104 Å². The Balaban J connectivity index is 1.94. The lowest BCUT2D eigenvalue weighted by molar-refractivity contribution is 0.302.